The van der Waals surface area contributed by atoms with E-state index in [1.807, 2.05) is 0 Å². The Morgan fingerprint density at radius 1 is 1.50 bits per heavy atom. The van der Waals surface area contributed by atoms with Gasteiger partial charge in [0.15, 0.2) is 5.69 Å². The van der Waals surface area contributed by atoms with Crippen molar-refractivity contribution in [1.29, 1.82) is 0 Å². The van der Waals surface area contributed by atoms with Gasteiger partial charge in [-0.25, -0.2) is 0 Å². The van der Waals surface area contributed by atoms with Crippen LogP contribution in [0.4, 0.5) is 5.69 Å². The monoisotopic (exact) mass is 247 g/mol. The molecule has 0 unspecified atom stereocenters. The Balaban J connectivity index is 2.00. The smallest absolute Gasteiger partial charge is 0.273 e. The Labute approximate surface area is 101 Å². The first-order valence-corrected chi connectivity index (χ1v) is 5.04. The standard InChI is InChI=1S/C10H9N5O3/c16-10(9-6-12-14-13-9)11-5-7-2-1-3-8(4-7)15(17)18/h1-4,6H,5H2,(H,11,16)(H,12,13,14). The lowest BCUT2D eigenvalue weighted by Gasteiger charge is -2.02. The third-order valence-corrected chi connectivity index (χ3v) is 2.22. The average Bonchev–Trinajstić information content (AvgIpc) is 2.90. The number of hydrogen-bond donors (Lipinski definition) is 2. The second-order valence-electron chi connectivity index (χ2n) is 3.46. The van der Waals surface area contributed by atoms with Crippen LogP contribution in [0, 0.1) is 10.1 Å². The molecule has 0 aliphatic carbocycles. The normalized spacial score (nSPS) is 10.0. The van der Waals surface area contributed by atoms with Gasteiger partial charge in [0.25, 0.3) is 11.6 Å². The summed E-state index contributed by atoms with van der Waals surface area (Å²) in [6.07, 6.45) is 1.29. The van der Waals surface area contributed by atoms with Gasteiger partial charge in [-0.2, -0.15) is 15.4 Å². The Morgan fingerprint density at radius 3 is 3.00 bits per heavy atom. The fourth-order valence-electron chi connectivity index (χ4n) is 1.36. The van der Waals surface area contributed by atoms with E-state index >= 15 is 0 Å². The fourth-order valence-corrected chi connectivity index (χ4v) is 1.36. The van der Waals surface area contributed by atoms with Crippen molar-refractivity contribution in [1.82, 2.24) is 20.7 Å². The largest absolute Gasteiger partial charge is 0.347 e. The van der Waals surface area contributed by atoms with Crippen molar-refractivity contribution >= 4 is 11.6 Å². The fraction of sp³-hybridized carbons (Fsp3) is 0.100. The number of carbonyl (C=O) groups is 1. The predicted molar refractivity (Wildman–Crippen MR) is 60.6 cm³/mol. The van der Waals surface area contributed by atoms with Gasteiger partial charge >= 0.3 is 0 Å². The van der Waals surface area contributed by atoms with Crippen LogP contribution in [0.25, 0.3) is 0 Å². The summed E-state index contributed by atoms with van der Waals surface area (Å²) in [6.45, 7) is 0.188. The Hall–Kier alpha value is -2.77. The number of amides is 1. The van der Waals surface area contributed by atoms with Crippen LogP contribution in [0.3, 0.4) is 0 Å². The minimum Gasteiger partial charge on any atom is -0.347 e. The molecule has 0 aliphatic rings. The molecule has 92 valence electrons. The topological polar surface area (TPSA) is 114 Å². The number of carbonyl (C=O) groups excluding carboxylic acids is 1. The summed E-state index contributed by atoms with van der Waals surface area (Å²) in [6, 6.07) is 6.05. The van der Waals surface area contributed by atoms with Crippen molar-refractivity contribution in [2.75, 3.05) is 0 Å². The van der Waals surface area contributed by atoms with Crippen molar-refractivity contribution in [3.63, 3.8) is 0 Å². The molecule has 0 bridgehead atoms. The van der Waals surface area contributed by atoms with Gasteiger partial charge in [-0.1, -0.05) is 12.1 Å². The third-order valence-electron chi connectivity index (χ3n) is 2.22. The molecule has 1 aromatic heterocycles. The SMILES string of the molecule is O=C(NCc1cccc([N+](=O)[O-])c1)c1cn[nH]n1. The molecule has 8 nitrogen and oxygen atoms in total. The van der Waals surface area contributed by atoms with Gasteiger partial charge in [-0.3, -0.25) is 14.9 Å². The Morgan fingerprint density at radius 2 is 2.33 bits per heavy atom. The van der Waals surface area contributed by atoms with E-state index in [1.54, 1.807) is 12.1 Å². The van der Waals surface area contributed by atoms with Crippen LogP contribution in [0.5, 0.6) is 0 Å². The van der Waals surface area contributed by atoms with E-state index in [1.165, 1.54) is 18.3 Å². The minimum atomic E-state index is -0.483. The highest BCUT2D eigenvalue weighted by atomic mass is 16.6. The molecule has 2 rings (SSSR count). The number of nitrogens with zero attached hydrogens (tertiary/aromatic N) is 3. The lowest BCUT2D eigenvalue weighted by Crippen LogP contribution is -2.23. The van der Waals surface area contributed by atoms with Gasteiger partial charge < -0.3 is 5.32 Å². The van der Waals surface area contributed by atoms with Gasteiger partial charge in [-0.15, -0.1) is 0 Å². The van der Waals surface area contributed by atoms with E-state index in [9.17, 15) is 14.9 Å². The minimum absolute atomic E-state index is 0.0109. The highest BCUT2D eigenvalue weighted by molar-refractivity contribution is 5.91. The molecule has 1 heterocycles. The van der Waals surface area contributed by atoms with Crippen molar-refractivity contribution in [3.8, 4) is 0 Å². The quantitative estimate of drug-likeness (QED) is 0.608. The van der Waals surface area contributed by atoms with Gasteiger partial charge in [0.1, 0.15) is 0 Å². The number of rotatable bonds is 4. The molecule has 2 aromatic rings. The summed E-state index contributed by atoms with van der Waals surface area (Å²) in [7, 11) is 0. The Kier molecular flexibility index (Phi) is 3.28. The molecular weight excluding hydrogens is 238 g/mol. The van der Waals surface area contributed by atoms with Crippen LogP contribution in [0.15, 0.2) is 30.5 Å². The van der Waals surface area contributed by atoms with Gasteiger partial charge in [0, 0.05) is 18.7 Å². The first kappa shape index (κ1) is 11.7. The second-order valence-corrected chi connectivity index (χ2v) is 3.46. The van der Waals surface area contributed by atoms with Crippen LogP contribution >= 0.6 is 0 Å². The summed E-state index contributed by atoms with van der Waals surface area (Å²) in [5, 5.41) is 22.6. The first-order chi connectivity index (χ1) is 8.66. The van der Waals surface area contributed by atoms with Crippen LogP contribution < -0.4 is 5.32 Å². The zero-order chi connectivity index (χ0) is 13.0. The van der Waals surface area contributed by atoms with Crippen LogP contribution in [-0.2, 0) is 6.54 Å². The number of aromatic amines is 1. The molecule has 0 atom stereocenters. The number of hydrogen-bond acceptors (Lipinski definition) is 5. The summed E-state index contributed by atoms with van der Waals surface area (Å²) >= 11 is 0. The van der Waals surface area contributed by atoms with Gasteiger partial charge in [-0.05, 0) is 5.56 Å². The lowest BCUT2D eigenvalue weighted by molar-refractivity contribution is -0.384. The van der Waals surface area contributed by atoms with Gasteiger partial charge in [0.05, 0.1) is 11.1 Å². The highest BCUT2D eigenvalue weighted by Crippen LogP contribution is 2.12. The summed E-state index contributed by atoms with van der Waals surface area (Å²) in [5.41, 5.74) is 0.796. The summed E-state index contributed by atoms with van der Waals surface area (Å²) in [5.74, 6) is -0.393. The number of nitro groups is 1. The van der Waals surface area contributed by atoms with Crippen molar-refractivity contribution < 1.29 is 9.72 Å². The van der Waals surface area contributed by atoms with E-state index < -0.39 is 10.8 Å². The maximum atomic E-state index is 11.5. The zero-order valence-corrected chi connectivity index (χ0v) is 9.16. The van der Waals surface area contributed by atoms with Crippen molar-refractivity contribution in [2.24, 2.45) is 0 Å². The van der Waals surface area contributed by atoms with Gasteiger partial charge in [0.2, 0.25) is 0 Å². The first-order valence-electron chi connectivity index (χ1n) is 5.04. The van der Waals surface area contributed by atoms with E-state index in [0.717, 1.165) is 0 Å². The van der Waals surface area contributed by atoms with Crippen LogP contribution in [0.1, 0.15) is 16.1 Å². The number of non-ortho nitro benzene ring substituents is 1. The molecule has 0 saturated carbocycles. The average molecular weight is 247 g/mol. The molecule has 1 aromatic carbocycles. The second kappa shape index (κ2) is 5.04. The molecule has 1 amide bonds. The molecule has 0 spiro atoms. The van der Waals surface area contributed by atoms with E-state index in [2.05, 4.69) is 20.7 Å². The molecule has 18 heavy (non-hydrogen) atoms. The van der Waals surface area contributed by atoms with E-state index in [-0.39, 0.29) is 17.9 Å². The molecular formula is C10H9N5O3. The Bertz CT molecular complexity index is 567. The maximum Gasteiger partial charge on any atom is 0.273 e. The summed E-state index contributed by atoms with van der Waals surface area (Å²) in [4.78, 5) is 21.6. The van der Waals surface area contributed by atoms with Crippen LogP contribution in [-0.4, -0.2) is 26.2 Å². The number of nitrogens with one attached hydrogen (secondary N) is 2. The predicted octanol–water partition coefficient (Wildman–Crippen LogP) is 0.643. The molecule has 0 saturated heterocycles. The highest BCUT2D eigenvalue weighted by Gasteiger charge is 2.09. The molecule has 0 radical (unpaired) electrons. The molecule has 8 heteroatoms. The third kappa shape index (κ3) is 2.67. The molecule has 0 fully saturated rings. The van der Waals surface area contributed by atoms with Crippen molar-refractivity contribution in [2.45, 2.75) is 6.54 Å². The number of benzene rings is 1. The number of aromatic nitrogens is 3. The molecule has 0 aliphatic heterocycles. The maximum absolute atomic E-state index is 11.5. The number of nitro benzene ring substituents is 1. The number of H-pyrrole nitrogens is 1. The van der Waals surface area contributed by atoms with E-state index in [0.29, 0.717) is 5.56 Å². The van der Waals surface area contributed by atoms with Crippen LogP contribution in [0.2, 0.25) is 0 Å². The van der Waals surface area contributed by atoms with Crippen molar-refractivity contribution in [3.05, 3.63) is 51.8 Å². The van der Waals surface area contributed by atoms with E-state index in [4.69, 9.17) is 0 Å². The summed E-state index contributed by atoms with van der Waals surface area (Å²) < 4.78 is 0. The zero-order valence-electron chi connectivity index (χ0n) is 9.16. The molecule has 2 N–H and O–H groups in total. The lowest BCUT2D eigenvalue weighted by atomic mass is 10.2.